The van der Waals surface area contributed by atoms with Crippen molar-refractivity contribution in [2.24, 2.45) is 17.8 Å². The van der Waals surface area contributed by atoms with Crippen LogP contribution < -0.4 is 5.32 Å². The van der Waals surface area contributed by atoms with Gasteiger partial charge in [0.25, 0.3) is 0 Å². The molecule has 4 fully saturated rings. The smallest absolute Gasteiger partial charge is 0.179 e. The molecule has 122 valence electrons. The van der Waals surface area contributed by atoms with Crippen molar-refractivity contribution in [2.45, 2.75) is 50.5 Å². The fraction of sp³-hybridized carbons (Fsp3) is 0.550. The van der Waals surface area contributed by atoms with Crippen LogP contribution >= 0.6 is 0 Å². The van der Waals surface area contributed by atoms with E-state index in [0.29, 0.717) is 5.57 Å². The summed E-state index contributed by atoms with van der Waals surface area (Å²) in [6.07, 6.45) is 11.5. The van der Waals surface area contributed by atoms with E-state index in [1.54, 1.807) is 12.4 Å². The Kier molecular flexibility index (Phi) is 2.92. The Morgan fingerprint density at radius 2 is 1.83 bits per heavy atom. The number of hydrogen-bond donors (Lipinski definition) is 1. The minimum atomic E-state index is -0.0785. The number of Topliss-reactive ketones (excluding diaryl/α,β-unsaturated/α-hetero) is 1. The first-order valence-electron chi connectivity index (χ1n) is 9.05. The third-order valence-corrected chi connectivity index (χ3v) is 6.59. The molecule has 4 bridgehead atoms. The molecule has 24 heavy (non-hydrogen) atoms. The molecule has 0 saturated heterocycles. The van der Waals surface area contributed by atoms with E-state index in [1.165, 1.54) is 38.5 Å². The van der Waals surface area contributed by atoms with Crippen molar-refractivity contribution in [2.75, 3.05) is 0 Å². The van der Waals surface area contributed by atoms with Crippen LogP contribution in [0.5, 0.6) is 0 Å². The van der Waals surface area contributed by atoms with Crippen LogP contribution in [0.3, 0.4) is 0 Å². The highest BCUT2D eigenvalue weighted by Gasteiger charge is 2.51. The van der Waals surface area contributed by atoms with Crippen LogP contribution in [0.2, 0.25) is 0 Å². The summed E-state index contributed by atoms with van der Waals surface area (Å²) < 4.78 is 0. The van der Waals surface area contributed by atoms with Gasteiger partial charge in [-0.2, -0.15) is 5.26 Å². The van der Waals surface area contributed by atoms with Gasteiger partial charge in [-0.3, -0.25) is 9.78 Å². The molecular formula is C20H21N3O. The Hall–Kier alpha value is -2.15. The summed E-state index contributed by atoms with van der Waals surface area (Å²) in [7, 11) is 0. The first kappa shape index (κ1) is 14.2. The zero-order valence-electron chi connectivity index (χ0n) is 13.7. The molecule has 0 amide bonds. The lowest BCUT2D eigenvalue weighted by molar-refractivity contribution is -0.114. The van der Waals surface area contributed by atoms with E-state index in [1.807, 2.05) is 6.07 Å². The molecule has 1 aromatic heterocycles. The van der Waals surface area contributed by atoms with E-state index in [2.05, 4.69) is 16.4 Å². The van der Waals surface area contributed by atoms with E-state index < -0.39 is 0 Å². The molecule has 4 saturated carbocycles. The number of aromatic nitrogens is 1. The summed E-state index contributed by atoms with van der Waals surface area (Å²) in [4.78, 5) is 16.6. The maximum Gasteiger partial charge on any atom is 0.179 e. The number of rotatable bonds is 2. The molecule has 0 spiro atoms. The van der Waals surface area contributed by atoms with Gasteiger partial charge in [0.05, 0.1) is 5.70 Å². The maximum absolute atomic E-state index is 12.4. The Labute approximate surface area is 142 Å². The number of carbonyl (C=O) groups is 1. The van der Waals surface area contributed by atoms with E-state index in [-0.39, 0.29) is 17.7 Å². The summed E-state index contributed by atoms with van der Waals surface area (Å²) >= 11 is 0. The quantitative estimate of drug-likeness (QED) is 0.910. The summed E-state index contributed by atoms with van der Waals surface area (Å²) in [6, 6.07) is 4.12. The minimum absolute atomic E-state index is 0.0785. The van der Waals surface area contributed by atoms with Crippen molar-refractivity contribution in [3.05, 3.63) is 35.2 Å². The van der Waals surface area contributed by atoms with Gasteiger partial charge < -0.3 is 5.32 Å². The zero-order valence-corrected chi connectivity index (χ0v) is 13.7. The van der Waals surface area contributed by atoms with Gasteiger partial charge in [0, 0.05) is 29.9 Å². The van der Waals surface area contributed by atoms with Crippen molar-refractivity contribution >= 4 is 11.5 Å². The summed E-state index contributed by atoms with van der Waals surface area (Å²) in [5, 5.41) is 13.3. The van der Waals surface area contributed by atoms with Crippen molar-refractivity contribution in [1.29, 1.82) is 5.26 Å². The molecule has 1 N–H and O–H groups in total. The standard InChI is InChI=1S/C20H21N3O/c21-10-17-18(24)6-15-11-22-2-1-16(15)19(17)23-20-7-12-3-13(8-20)5-14(4-12)9-20/h1-2,11-14,23H,3-9H2. The number of pyridine rings is 1. The number of nitrogens with one attached hydrogen (secondary N) is 1. The summed E-state index contributed by atoms with van der Waals surface area (Å²) in [5.41, 5.74) is 3.10. The first-order chi connectivity index (χ1) is 11.7. The van der Waals surface area contributed by atoms with Gasteiger partial charge in [0.15, 0.2) is 5.78 Å². The molecule has 1 heterocycles. The van der Waals surface area contributed by atoms with Gasteiger partial charge in [-0.1, -0.05) is 0 Å². The van der Waals surface area contributed by atoms with Crippen molar-refractivity contribution in [3.8, 4) is 6.07 Å². The van der Waals surface area contributed by atoms with E-state index in [9.17, 15) is 10.1 Å². The molecule has 0 aromatic carbocycles. The van der Waals surface area contributed by atoms with E-state index in [4.69, 9.17) is 0 Å². The normalized spacial score (nSPS) is 36.5. The first-order valence-corrected chi connectivity index (χ1v) is 9.05. The predicted octanol–water partition coefficient (Wildman–Crippen LogP) is 3.00. The molecule has 0 radical (unpaired) electrons. The van der Waals surface area contributed by atoms with Crippen molar-refractivity contribution in [3.63, 3.8) is 0 Å². The number of ketones is 1. The average Bonchev–Trinajstić information content (AvgIpc) is 2.53. The Bertz CT molecular complexity index is 766. The maximum atomic E-state index is 12.4. The molecule has 0 unspecified atom stereocenters. The predicted molar refractivity (Wildman–Crippen MR) is 89.5 cm³/mol. The zero-order chi connectivity index (χ0) is 16.3. The van der Waals surface area contributed by atoms with Gasteiger partial charge in [-0.05, 0) is 67.9 Å². The highest BCUT2D eigenvalue weighted by atomic mass is 16.1. The van der Waals surface area contributed by atoms with Crippen LogP contribution in [0.1, 0.15) is 49.7 Å². The molecule has 5 aliphatic rings. The lowest BCUT2D eigenvalue weighted by Crippen LogP contribution is -2.58. The van der Waals surface area contributed by atoms with Crippen LogP contribution in [0.25, 0.3) is 5.70 Å². The van der Waals surface area contributed by atoms with Gasteiger partial charge in [0.2, 0.25) is 0 Å². The lowest BCUT2D eigenvalue weighted by atomic mass is 9.53. The molecule has 5 aliphatic carbocycles. The average molecular weight is 319 g/mol. The number of fused-ring (bicyclic) bond motifs is 1. The van der Waals surface area contributed by atoms with Crippen LogP contribution in [0, 0.1) is 29.1 Å². The molecule has 1 aromatic rings. The van der Waals surface area contributed by atoms with Gasteiger partial charge in [0.1, 0.15) is 11.6 Å². The topological polar surface area (TPSA) is 65.8 Å². The Morgan fingerprint density at radius 3 is 2.46 bits per heavy atom. The fourth-order valence-electron chi connectivity index (χ4n) is 6.12. The molecule has 0 atom stereocenters. The third-order valence-electron chi connectivity index (χ3n) is 6.59. The van der Waals surface area contributed by atoms with Gasteiger partial charge >= 0.3 is 0 Å². The Balaban J connectivity index is 1.58. The number of nitrogens with zero attached hydrogens (tertiary/aromatic N) is 2. The second-order valence-corrected chi connectivity index (χ2v) is 8.32. The van der Waals surface area contributed by atoms with E-state index in [0.717, 1.165) is 34.6 Å². The number of allylic oxidation sites excluding steroid dienone is 1. The monoisotopic (exact) mass is 319 g/mol. The second kappa shape index (κ2) is 4.92. The second-order valence-electron chi connectivity index (χ2n) is 8.32. The number of nitriles is 1. The van der Waals surface area contributed by atoms with Crippen LogP contribution in [0.15, 0.2) is 24.0 Å². The van der Waals surface area contributed by atoms with Gasteiger partial charge in [-0.25, -0.2) is 0 Å². The highest BCUT2D eigenvalue weighted by molar-refractivity contribution is 6.09. The summed E-state index contributed by atoms with van der Waals surface area (Å²) in [6.45, 7) is 0. The Morgan fingerprint density at radius 1 is 1.17 bits per heavy atom. The van der Waals surface area contributed by atoms with Crippen LogP contribution in [-0.2, 0) is 11.2 Å². The molecular weight excluding hydrogens is 298 g/mol. The molecule has 0 aliphatic heterocycles. The number of carbonyl (C=O) groups excluding carboxylic acids is 1. The lowest BCUT2D eigenvalue weighted by Gasteiger charge is -2.57. The van der Waals surface area contributed by atoms with Crippen LogP contribution in [0.4, 0.5) is 0 Å². The molecule has 6 rings (SSSR count). The highest BCUT2D eigenvalue weighted by Crippen LogP contribution is 2.56. The molecule has 4 heteroatoms. The fourth-order valence-corrected chi connectivity index (χ4v) is 6.12. The SMILES string of the molecule is N#CC1=C(NC23CC4CC(CC(C4)C2)C3)c2ccncc2CC1=O. The minimum Gasteiger partial charge on any atom is -0.378 e. The number of hydrogen-bond acceptors (Lipinski definition) is 4. The van der Waals surface area contributed by atoms with Crippen molar-refractivity contribution in [1.82, 2.24) is 10.3 Å². The van der Waals surface area contributed by atoms with Crippen LogP contribution in [-0.4, -0.2) is 16.3 Å². The third kappa shape index (κ3) is 2.04. The largest absolute Gasteiger partial charge is 0.378 e. The van der Waals surface area contributed by atoms with Crippen molar-refractivity contribution < 1.29 is 4.79 Å². The van der Waals surface area contributed by atoms with E-state index >= 15 is 0 Å². The summed E-state index contributed by atoms with van der Waals surface area (Å²) in [5.74, 6) is 2.40. The molecule has 4 nitrogen and oxygen atoms in total. The van der Waals surface area contributed by atoms with Gasteiger partial charge in [-0.15, -0.1) is 0 Å².